The van der Waals surface area contributed by atoms with Crippen LogP contribution in [0, 0.1) is 5.82 Å². The summed E-state index contributed by atoms with van der Waals surface area (Å²) in [6.07, 6.45) is 0. The lowest BCUT2D eigenvalue weighted by Crippen LogP contribution is -2.09. The van der Waals surface area contributed by atoms with Gasteiger partial charge in [0, 0.05) is 10.6 Å². The molecule has 0 fully saturated rings. The number of carbonyl (C=O) groups excluding carboxylic acids is 1. The molecule has 0 unspecified atom stereocenters. The standard InChI is InChI=1S/C15H13ClFNO3/c1-20-14-11(3-2-4-13(14)18)15(19)21-8-9-7-10(16)5-6-12(9)17/h2-7H,8,18H2,1H3. The number of nitrogens with two attached hydrogens (primary N) is 1. The highest BCUT2D eigenvalue weighted by Gasteiger charge is 2.16. The number of rotatable bonds is 4. The summed E-state index contributed by atoms with van der Waals surface area (Å²) >= 11 is 5.77. The van der Waals surface area contributed by atoms with Crippen molar-refractivity contribution in [1.82, 2.24) is 0 Å². The van der Waals surface area contributed by atoms with Gasteiger partial charge in [0.15, 0.2) is 5.75 Å². The summed E-state index contributed by atoms with van der Waals surface area (Å²) in [7, 11) is 1.40. The Morgan fingerprint density at radius 3 is 2.81 bits per heavy atom. The molecule has 2 aromatic carbocycles. The second kappa shape index (κ2) is 6.45. The Morgan fingerprint density at radius 2 is 2.10 bits per heavy atom. The van der Waals surface area contributed by atoms with Crippen molar-refractivity contribution in [2.24, 2.45) is 0 Å². The molecule has 0 saturated heterocycles. The number of anilines is 1. The number of esters is 1. The van der Waals surface area contributed by atoms with Gasteiger partial charge in [0.05, 0.1) is 12.8 Å². The summed E-state index contributed by atoms with van der Waals surface area (Å²) in [6.45, 7) is -0.233. The molecule has 0 radical (unpaired) electrons. The molecule has 2 aromatic rings. The second-order valence-electron chi connectivity index (χ2n) is 4.24. The van der Waals surface area contributed by atoms with E-state index in [4.69, 9.17) is 26.8 Å². The number of benzene rings is 2. The molecule has 0 amide bonds. The molecule has 21 heavy (non-hydrogen) atoms. The molecule has 0 aliphatic heterocycles. The molecule has 0 saturated carbocycles. The van der Waals surface area contributed by atoms with Crippen LogP contribution >= 0.6 is 11.6 Å². The first-order valence-electron chi connectivity index (χ1n) is 6.06. The summed E-state index contributed by atoms with van der Waals surface area (Å²) in [6, 6.07) is 8.77. The van der Waals surface area contributed by atoms with Gasteiger partial charge in [-0.15, -0.1) is 0 Å². The SMILES string of the molecule is COc1c(N)cccc1C(=O)OCc1cc(Cl)ccc1F. The van der Waals surface area contributed by atoms with Crippen molar-refractivity contribution in [3.8, 4) is 5.75 Å². The fraction of sp³-hybridized carbons (Fsp3) is 0.133. The van der Waals surface area contributed by atoms with E-state index in [1.165, 1.54) is 31.4 Å². The number of nitrogen functional groups attached to an aromatic ring is 1. The van der Waals surface area contributed by atoms with Gasteiger partial charge < -0.3 is 15.2 Å². The Hall–Kier alpha value is -2.27. The number of hydrogen-bond acceptors (Lipinski definition) is 4. The number of hydrogen-bond donors (Lipinski definition) is 1. The third kappa shape index (κ3) is 3.44. The van der Waals surface area contributed by atoms with Crippen molar-refractivity contribution < 1.29 is 18.7 Å². The van der Waals surface area contributed by atoms with Crippen LogP contribution in [0.2, 0.25) is 5.02 Å². The molecular formula is C15H13ClFNO3. The van der Waals surface area contributed by atoms with Crippen molar-refractivity contribution >= 4 is 23.3 Å². The normalized spacial score (nSPS) is 10.2. The van der Waals surface area contributed by atoms with Gasteiger partial charge in [0.25, 0.3) is 0 Å². The van der Waals surface area contributed by atoms with Gasteiger partial charge in [-0.3, -0.25) is 0 Å². The third-order valence-electron chi connectivity index (χ3n) is 2.84. The van der Waals surface area contributed by atoms with E-state index in [1.807, 2.05) is 0 Å². The zero-order chi connectivity index (χ0) is 15.4. The van der Waals surface area contributed by atoms with Gasteiger partial charge in [-0.05, 0) is 30.3 Å². The fourth-order valence-electron chi connectivity index (χ4n) is 1.82. The first kappa shape index (κ1) is 15.1. The van der Waals surface area contributed by atoms with Crippen LogP contribution in [0.3, 0.4) is 0 Å². The highest BCUT2D eigenvalue weighted by atomic mass is 35.5. The van der Waals surface area contributed by atoms with Crippen LogP contribution in [-0.2, 0) is 11.3 Å². The smallest absolute Gasteiger partial charge is 0.342 e. The lowest BCUT2D eigenvalue weighted by Gasteiger charge is -2.11. The molecule has 0 atom stereocenters. The maximum absolute atomic E-state index is 13.5. The monoisotopic (exact) mass is 309 g/mol. The van der Waals surface area contributed by atoms with Crippen molar-refractivity contribution in [3.05, 3.63) is 58.4 Å². The van der Waals surface area contributed by atoms with Gasteiger partial charge in [0.2, 0.25) is 0 Å². The van der Waals surface area contributed by atoms with Gasteiger partial charge in [-0.2, -0.15) is 0 Å². The minimum atomic E-state index is -0.654. The lowest BCUT2D eigenvalue weighted by atomic mass is 10.1. The molecule has 0 aromatic heterocycles. The Labute approximate surface area is 126 Å². The molecule has 6 heteroatoms. The highest BCUT2D eigenvalue weighted by molar-refractivity contribution is 6.30. The Kier molecular flexibility index (Phi) is 4.65. The molecule has 0 spiro atoms. The van der Waals surface area contributed by atoms with E-state index in [-0.39, 0.29) is 23.5 Å². The fourth-order valence-corrected chi connectivity index (χ4v) is 2.01. The van der Waals surface area contributed by atoms with Crippen LogP contribution in [0.5, 0.6) is 5.75 Å². The largest absolute Gasteiger partial charge is 0.494 e. The molecule has 2 rings (SSSR count). The number of halogens is 2. The molecule has 0 aliphatic rings. The van der Waals surface area contributed by atoms with Crippen molar-refractivity contribution in [2.75, 3.05) is 12.8 Å². The molecule has 2 N–H and O–H groups in total. The van der Waals surface area contributed by atoms with Crippen LogP contribution in [0.1, 0.15) is 15.9 Å². The quantitative estimate of drug-likeness (QED) is 0.694. The van der Waals surface area contributed by atoms with E-state index < -0.39 is 11.8 Å². The van der Waals surface area contributed by atoms with Crippen LogP contribution in [-0.4, -0.2) is 13.1 Å². The number of carbonyl (C=O) groups is 1. The van der Waals surface area contributed by atoms with E-state index in [2.05, 4.69) is 0 Å². The lowest BCUT2D eigenvalue weighted by molar-refractivity contribution is 0.0465. The first-order valence-corrected chi connectivity index (χ1v) is 6.44. The van der Waals surface area contributed by atoms with E-state index in [1.54, 1.807) is 12.1 Å². The van der Waals surface area contributed by atoms with Crippen LogP contribution in [0.25, 0.3) is 0 Å². The average molecular weight is 310 g/mol. The predicted octanol–water partition coefficient (Wildman–Crippen LogP) is 3.43. The highest BCUT2D eigenvalue weighted by Crippen LogP contribution is 2.27. The number of methoxy groups -OCH3 is 1. The van der Waals surface area contributed by atoms with Crippen LogP contribution in [0.15, 0.2) is 36.4 Å². The molecule has 0 heterocycles. The van der Waals surface area contributed by atoms with Gasteiger partial charge in [0.1, 0.15) is 18.0 Å². The van der Waals surface area contributed by atoms with Crippen molar-refractivity contribution in [2.45, 2.75) is 6.61 Å². The molecule has 0 bridgehead atoms. The second-order valence-corrected chi connectivity index (χ2v) is 4.68. The Bertz CT molecular complexity index is 676. The summed E-state index contributed by atoms with van der Waals surface area (Å²) in [5.41, 5.74) is 6.40. The van der Waals surface area contributed by atoms with E-state index >= 15 is 0 Å². The molecular weight excluding hydrogens is 297 g/mol. The van der Waals surface area contributed by atoms with Crippen molar-refractivity contribution in [1.29, 1.82) is 0 Å². The first-order chi connectivity index (χ1) is 10.0. The van der Waals surface area contributed by atoms with Gasteiger partial charge in [-0.25, -0.2) is 9.18 Å². The zero-order valence-corrected chi connectivity index (χ0v) is 12.0. The van der Waals surface area contributed by atoms with E-state index in [9.17, 15) is 9.18 Å². The topological polar surface area (TPSA) is 61.5 Å². The molecule has 110 valence electrons. The zero-order valence-electron chi connectivity index (χ0n) is 11.2. The third-order valence-corrected chi connectivity index (χ3v) is 3.07. The minimum absolute atomic E-state index is 0.180. The van der Waals surface area contributed by atoms with Gasteiger partial charge in [-0.1, -0.05) is 17.7 Å². The molecule has 4 nitrogen and oxygen atoms in total. The predicted molar refractivity (Wildman–Crippen MR) is 77.9 cm³/mol. The van der Waals surface area contributed by atoms with Gasteiger partial charge >= 0.3 is 5.97 Å². The summed E-state index contributed by atoms with van der Waals surface area (Å²) in [4.78, 5) is 12.0. The maximum atomic E-state index is 13.5. The minimum Gasteiger partial charge on any atom is -0.494 e. The molecule has 0 aliphatic carbocycles. The Balaban J connectivity index is 2.16. The summed E-state index contributed by atoms with van der Waals surface area (Å²) < 4.78 is 23.7. The van der Waals surface area contributed by atoms with E-state index in [0.29, 0.717) is 10.7 Å². The van der Waals surface area contributed by atoms with E-state index in [0.717, 1.165) is 0 Å². The Morgan fingerprint density at radius 1 is 1.33 bits per heavy atom. The van der Waals surface area contributed by atoms with Crippen LogP contribution < -0.4 is 10.5 Å². The number of para-hydroxylation sites is 1. The van der Waals surface area contributed by atoms with Crippen molar-refractivity contribution in [3.63, 3.8) is 0 Å². The summed E-state index contributed by atoms with van der Waals surface area (Å²) in [5, 5.41) is 0.365. The summed E-state index contributed by atoms with van der Waals surface area (Å²) in [5.74, 6) is -0.917. The maximum Gasteiger partial charge on any atom is 0.342 e. The number of ether oxygens (including phenoxy) is 2. The van der Waals surface area contributed by atoms with Crippen LogP contribution in [0.4, 0.5) is 10.1 Å². The average Bonchev–Trinajstić information content (AvgIpc) is 2.47.